The molecule has 3 rings (SSSR count). The highest BCUT2D eigenvalue weighted by Gasteiger charge is 2.19. The number of rotatable bonds is 2. The van der Waals surface area contributed by atoms with E-state index in [9.17, 15) is 0 Å². The first-order chi connectivity index (χ1) is 8.84. The standard InChI is InChI=1S/C12H14BrN5/c13-10-4-9(5-15-6-10)12-17-16-8-18(12)11-2-1-3-14-7-11/h4-6,8,11,14H,1-3,7H2. The molecule has 6 heteroatoms. The lowest BCUT2D eigenvalue weighted by atomic mass is 10.1. The van der Waals surface area contributed by atoms with Crippen LogP contribution in [0.15, 0.2) is 29.3 Å². The molecule has 1 fully saturated rings. The Bertz CT molecular complexity index is 533. The van der Waals surface area contributed by atoms with Crippen molar-refractivity contribution < 1.29 is 0 Å². The van der Waals surface area contributed by atoms with Crippen molar-refractivity contribution in [2.45, 2.75) is 18.9 Å². The minimum absolute atomic E-state index is 0.433. The monoisotopic (exact) mass is 307 g/mol. The summed E-state index contributed by atoms with van der Waals surface area (Å²) in [5.74, 6) is 0.887. The van der Waals surface area contributed by atoms with E-state index < -0.39 is 0 Å². The van der Waals surface area contributed by atoms with Gasteiger partial charge in [0.2, 0.25) is 0 Å². The Kier molecular flexibility index (Phi) is 3.38. The van der Waals surface area contributed by atoms with Crippen molar-refractivity contribution in [2.75, 3.05) is 13.1 Å². The maximum Gasteiger partial charge on any atom is 0.165 e. The first kappa shape index (κ1) is 11.8. The molecule has 18 heavy (non-hydrogen) atoms. The zero-order valence-corrected chi connectivity index (χ0v) is 11.5. The highest BCUT2D eigenvalue weighted by Crippen LogP contribution is 2.25. The molecule has 1 aliphatic heterocycles. The molecule has 1 aliphatic rings. The number of nitrogens with zero attached hydrogens (tertiary/aromatic N) is 4. The number of aromatic nitrogens is 4. The molecule has 0 amide bonds. The lowest BCUT2D eigenvalue weighted by Gasteiger charge is -2.24. The predicted octanol–water partition coefficient (Wildman–Crippen LogP) is 2.03. The Balaban J connectivity index is 1.95. The molecular weight excluding hydrogens is 294 g/mol. The van der Waals surface area contributed by atoms with Crippen molar-refractivity contribution in [1.82, 2.24) is 25.1 Å². The number of pyridine rings is 1. The molecule has 1 N–H and O–H groups in total. The average Bonchev–Trinajstić information content (AvgIpc) is 2.89. The molecule has 0 aromatic carbocycles. The summed E-state index contributed by atoms with van der Waals surface area (Å²) < 4.78 is 3.10. The molecule has 5 nitrogen and oxygen atoms in total. The van der Waals surface area contributed by atoms with Crippen molar-refractivity contribution in [2.24, 2.45) is 0 Å². The summed E-state index contributed by atoms with van der Waals surface area (Å²) in [6.07, 6.45) is 7.76. The molecule has 0 radical (unpaired) electrons. The maximum absolute atomic E-state index is 4.23. The summed E-state index contributed by atoms with van der Waals surface area (Å²) in [7, 11) is 0. The smallest absolute Gasteiger partial charge is 0.165 e. The van der Waals surface area contributed by atoms with Gasteiger partial charge in [-0.3, -0.25) is 4.98 Å². The van der Waals surface area contributed by atoms with E-state index in [2.05, 4.69) is 41.0 Å². The summed E-state index contributed by atoms with van der Waals surface area (Å²) in [6, 6.07) is 2.45. The molecule has 0 bridgehead atoms. The molecule has 1 atom stereocenters. The molecular formula is C12H14BrN5. The first-order valence-electron chi connectivity index (χ1n) is 6.06. The number of nitrogens with one attached hydrogen (secondary N) is 1. The van der Waals surface area contributed by atoms with Gasteiger partial charge in [0, 0.05) is 35.0 Å². The van der Waals surface area contributed by atoms with E-state index in [1.165, 1.54) is 12.8 Å². The van der Waals surface area contributed by atoms with Crippen LogP contribution < -0.4 is 5.32 Å². The van der Waals surface area contributed by atoms with Crippen molar-refractivity contribution >= 4 is 15.9 Å². The van der Waals surface area contributed by atoms with Gasteiger partial charge in [-0.15, -0.1) is 10.2 Å². The molecule has 1 saturated heterocycles. The van der Waals surface area contributed by atoms with Crippen LogP contribution in [-0.2, 0) is 0 Å². The number of hydrogen-bond donors (Lipinski definition) is 1. The highest BCUT2D eigenvalue weighted by molar-refractivity contribution is 9.10. The Morgan fingerprint density at radius 2 is 2.33 bits per heavy atom. The van der Waals surface area contributed by atoms with E-state index in [0.717, 1.165) is 29.0 Å². The van der Waals surface area contributed by atoms with Crippen LogP contribution in [0.5, 0.6) is 0 Å². The van der Waals surface area contributed by atoms with E-state index in [0.29, 0.717) is 6.04 Å². The Labute approximate surface area is 114 Å². The Morgan fingerprint density at radius 1 is 1.39 bits per heavy atom. The fourth-order valence-corrected chi connectivity index (χ4v) is 2.69. The van der Waals surface area contributed by atoms with E-state index in [1.54, 1.807) is 6.20 Å². The fourth-order valence-electron chi connectivity index (χ4n) is 2.32. The van der Waals surface area contributed by atoms with Crippen LogP contribution in [0.3, 0.4) is 0 Å². The van der Waals surface area contributed by atoms with Gasteiger partial charge >= 0.3 is 0 Å². The molecule has 94 valence electrons. The van der Waals surface area contributed by atoms with Gasteiger partial charge in [-0.1, -0.05) is 0 Å². The molecule has 0 spiro atoms. The third kappa shape index (κ3) is 2.30. The summed E-state index contributed by atoms with van der Waals surface area (Å²) in [5.41, 5.74) is 0.993. The van der Waals surface area contributed by atoms with Crippen molar-refractivity contribution in [3.05, 3.63) is 29.3 Å². The van der Waals surface area contributed by atoms with E-state index in [1.807, 2.05) is 18.6 Å². The first-order valence-corrected chi connectivity index (χ1v) is 6.85. The van der Waals surface area contributed by atoms with Gasteiger partial charge in [-0.05, 0) is 41.4 Å². The fraction of sp³-hybridized carbons (Fsp3) is 0.417. The molecule has 3 heterocycles. The van der Waals surface area contributed by atoms with Gasteiger partial charge in [-0.2, -0.15) is 0 Å². The molecule has 1 unspecified atom stereocenters. The van der Waals surface area contributed by atoms with Crippen molar-refractivity contribution in [1.29, 1.82) is 0 Å². The maximum atomic E-state index is 4.23. The van der Waals surface area contributed by atoms with Crippen LogP contribution >= 0.6 is 15.9 Å². The largest absolute Gasteiger partial charge is 0.315 e. The zero-order valence-electron chi connectivity index (χ0n) is 9.88. The second kappa shape index (κ2) is 5.16. The third-order valence-electron chi connectivity index (χ3n) is 3.20. The minimum atomic E-state index is 0.433. The lowest BCUT2D eigenvalue weighted by molar-refractivity contribution is 0.373. The van der Waals surface area contributed by atoms with Gasteiger partial charge in [0.05, 0.1) is 0 Å². The van der Waals surface area contributed by atoms with Crippen LogP contribution in [0.1, 0.15) is 18.9 Å². The normalized spacial score (nSPS) is 19.9. The van der Waals surface area contributed by atoms with Crippen LogP contribution in [0.25, 0.3) is 11.4 Å². The van der Waals surface area contributed by atoms with Crippen LogP contribution in [-0.4, -0.2) is 32.8 Å². The van der Waals surface area contributed by atoms with Crippen LogP contribution in [0.4, 0.5) is 0 Å². The topological polar surface area (TPSA) is 55.6 Å². The number of hydrogen-bond acceptors (Lipinski definition) is 4. The van der Waals surface area contributed by atoms with E-state index in [4.69, 9.17) is 0 Å². The van der Waals surface area contributed by atoms with Gasteiger partial charge in [0.15, 0.2) is 5.82 Å². The second-order valence-electron chi connectivity index (χ2n) is 4.45. The highest BCUT2D eigenvalue weighted by atomic mass is 79.9. The summed E-state index contributed by atoms with van der Waals surface area (Å²) >= 11 is 3.44. The minimum Gasteiger partial charge on any atom is -0.315 e. The number of piperidine rings is 1. The summed E-state index contributed by atoms with van der Waals surface area (Å²) in [4.78, 5) is 4.18. The summed E-state index contributed by atoms with van der Waals surface area (Å²) in [5, 5.41) is 11.7. The third-order valence-corrected chi connectivity index (χ3v) is 3.63. The molecule has 2 aromatic heterocycles. The van der Waals surface area contributed by atoms with Crippen molar-refractivity contribution in [3.8, 4) is 11.4 Å². The molecule has 0 aliphatic carbocycles. The molecule has 0 saturated carbocycles. The number of halogens is 1. The van der Waals surface area contributed by atoms with Crippen molar-refractivity contribution in [3.63, 3.8) is 0 Å². The Hall–Kier alpha value is -1.27. The molecule has 2 aromatic rings. The Morgan fingerprint density at radius 3 is 3.11 bits per heavy atom. The quantitative estimate of drug-likeness (QED) is 0.922. The zero-order chi connectivity index (χ0) is 12.4. The SMILES string of the molecule is Brc1cncc(-c2nncn2C2CCCNC2)c1. The van der Waals surface area contributed by atoms with Crippen LogP contribution in [0, 0.1) is 0 Å². The average molecular weight is 308 g/mol. The van der Waals surface area contributed by atoms with Gasteiger partial charge in [0.1, 0.15) is 6.33 Å². The summed E-state index contributed by atoms with van der Waals surface area (Å²) in [6.45, 7) is 2.08. The van der Waals surface area contributed by atoms with Gasteiger partial charge in [0.25, 0.3) is 0 Å². The van der Waals surface area contributed by atoms with E-state index >= 15 is 0 Å². The van der Waals surface area contributed by atoms with Crippen LogP contribution in [0.2, 0.25) is 0 Å². The predicted molar refractivity (Wildman–Crippen MR) is 72.1 cm³/mol. The van der Waals surface area contributed by atoms with Gasteiger partial charge in [-0.25, -0.2) is 0 Å². The van der Waals surface area contributed by atoms with Gasteiger partial charge < -0.3 is 9.88 Å². The second-order valence-corrected chi connectivity index (χ2v) is 5.37. The van der Waals surface area contributed by atoms with E-state index in [-0.39, 0.29) is 0 Å². The lowest BCUT2D eigenvalue weighted by Crippen LogP contribution is -2.31.